The van der Waals surface area contributed by atoms with Gasteiger partial charge in [0.15, 0.2) is 0 Å². The topological polar surface area (TPSA) is 47.3 Å². The third kappa shape index (κ3) is 3.19. The van der Waals surface area contributed by atoms with E-state index in [0.717, 1.165) is 0 Å². The van der Waals surface area contributed by atoms with Crippen LogP contribution in [0.2, 0.25) is 0 Å². The van der Waals surface area contributed by atoms with Gasteiger partial charge in [0.2, 0.25) is 7.98 Å². The normalized spacial score (nSPS) is 11.3. The number of hydrogen-bond donors (Lipinski definition) is 2. The zero-order chi connectivity index (χ0) is 5.70. The Bertz CT molecular complexity index is 73.3. The van der Waals surface area contributed by atoms with Crippen LogP contribution in [0.5, 0.6) is 0 Å². The Kier molecular flexibility index (Phi) is 3.23. The van der Waals surface area contributed by atoms with E-state index in [1.807, 2.05) is 0 Å². The van der Waals surface area contributed by atoms with E-state index >= 15 is 0 Å². The van der Waals surface area contributed by atoms with Gasteiger partial charge >= 0.3 is 0 Å². The van der Waals surface area contributed by atoms with Crippen molar-refractivity contribution in [3.05, 3.63) is 12.0 Å². The molecule has 0 aromatic heterocycles. The minimum Gasteiger partial charge on any atom is -0.424 e. The number of allylic oxidation sites excluding steroid dienone is 1. The predicted molar refractivity (Wildman–Crippen MR) is 30.7 cm³/mol. The van der Waals surface area contributed by atoms with Crippen molar-refractivity contribution in [1.82, 2.24) is 5.39 Å². The zero-order valence-corrected chi connectivity index (χ0v) is 4.56. The molecule has 0 fully saturated rings. The number of nitrogens with two attached hydrogens (primary N) is 1. The first-order chi connectivity index (χ1) is 3.31. The lowest BCUT2D eigenvalue weighted by Gasteiger charge is -1.98. The Labute approximate surface area is 43.9 Å². The maximum Gasteiger partial charge on any atom is 0.231 e. The Morgan fingerprint density at radius 1 is 2.00 bits per heavy atom. The highest BCUT2D eigenvalue weighted by atomic mass is 16.6. The molecule has 0 atom stereocenters. The monoisotopic (exact) mass is 100 g/mol. The summed E-state index contributed by atoms with van der Waals surface area (Å²) < 4.78 is 0. The Morgan fingerprint density at radius 2 is 2.57 bits per heavy atom. The number of rotatable bonds is 2. The van der Waals surface area contributed by atoms with Gasteiger partial charge in [0.25, 0.3) is 0 Å². The van der Waals surface area contributed by atoms with Crippen molar-refractivity contribution >= 4 is 7.98 Å². The van der Waals surface area contributed by atoms with Crippen molar-refractivity contribution in [2.45, 2.75) is 6.92 Å². The molecule has 0 amide bonds. The predicted octanol–water partition coefficient (Wildman–Crippen LogP) is -1.12. The standard InChI is InChI=1S/C3H9BN2O/c1-3(2-5)7-6-4/h2,6H,4-5H2,1H3/b3-2-. The molecule has 0 saturated heterocycles. The molecule has 40 valence electrons. The van der Waals surface area contributed by atoms with E-state index in [9.17, 15) is 0 Å². The third-order valence-corrected chi connectivity index (χ3v) is 0.498. The van der Waals surface area contributed by atoms with Crippen LogP contribution in [0.3, 0.4) is 0 Å². The second-order valence-electron chi connectivity index (χ2n) is 1.08. The van der Waals surface area contributed by atoms with Crippen LogP contribution in [0.15, 0.2) is 12.0 Å². The van der Waals surface area contributed by atoms with Crippen LogP contribution in [0.4, 0.5) is 0 Å². The van der Waals surface area contributed by atoms with Gasteiger partial charge in [-0.15, -0.1) is 0 Å². The first kappa shape index (κ1) is 6.36. The maximum atomic E-state index is 5.03. The highest BCUT2D eigenvalue weighted by Crippen LogP contribution is 1.83. The maximum absolute atomic E-state index is 5.03. The highest BCUT2D eigenvalue weighted by Gasteiger charge is 1.78. The van der Waals surface area contributed by atoms with Crippen molar-refractivity contribution < 1.29 is 4.84 Å². The average molecular weight is 99.9 g/mol. The van der Waals surface area contributed by atoms with Crippen molar-refractivity contribution in [3.8, 4) is 0 Å². The van der Waals surface area contributed by atoms with Crippen molar-refractivity contribution in [1.29, 1.82) is 0 Å². The molecule has 0 rings (SSSR count). The Morgan fingerprint density at radius 3 is 2.71 bits per heavy atom. The van der Waals surface area contributed by atoms with Gasteiger partial charge < -0.3 is 10.6 Å². The van der Waals surface area contributed by atoms with E-state index in [2.05, 4.69) is 10.2 Å². The van der Waals surface area contributed by atoms with Crippen LogP contribution >= 0.6 is 0 Å². The molecule has 0 heterocycles. The second-order valence-corrected chi connectivity index (χ2v) is 1.08. The summed E-state index contributed by atoms with van der Waals surface area (Å²) in [6.45, 7) is 1.76. The lowest BCUT2D eigenvalue weighted by molar-refractivity contribution is 0.172. The van der Waals surface area contributed by atoms with Crippen LogP contribution in [-0.4, -0.2) is 7.98 Å². The summed E-state index contributed by atoms with van der Waals surface area (Å²) in [5, 5.41) is 2.47. The summed E-state index contributed by atoms with van der Waals surface area (Å²) >= 11 is 0. The molecular weight excluding hydrogens is 90.9 g/mol. The molecule has 0 aliphatic rings. The summed E-state index contributed by atoms with van der Waals surface area (Å²) in [5.41, 5.74) is 5.03. The minimum atomic E-state index is 0.669. The quantitative estimate of drug-likeness (QED) is 0.262. The second kappa shape index (κ2) is 3.55. The fraction of sp³-hybridized carbons (Fsp3) is 0.333. The summed E-state index contributed by atoms with van der Waals surface area (Å²) in [6, 6.07) is 0. The van der Waals surface area contributed by atoms with E-state index in [4.69, 9.17) is 5.73 Å². The van der Waals surface area contributed by atoms with Gasteiger partial charge in [-0.3, -0.25) is 0 Å². The molecule has 3 nitrogen and oxygen atoms in total. The van der Waals surface area contributed by atoms with Crippen LogP contribution in [0.25, 0.3) is 0 Å². The number of nitrogens with one attached hydrogen (secondary N) is 1. The molecule has 0 bridgehead atoms. The van der Waals surface area contributed by atoms with Gasteiger partial charge in [0.05, 0.1) is 0 Å². The van der Waals surface area contributed by atoms with Crippen LogP contribution in [0, 0.1) is 0 Å². The smallest absolute Gasteiger partial charge is 0.231 e. The molecule has 0 aliphatic carbocycles. The first-order valence-corrected chi connectivity index (χ1v) is 2.03. The molecule has 7 heavy (non-hydrogen) atoms. The summed E-state index contributed by atoms with van der Waals surface area (Å²) in [4.78, 5) is 4.68. The van der Waals surface area contributed by atoms with E-state index in [1.54, 1.807) is 14.9 Å². The zero-order valence-electron chi connectivity index (χ0n) is 4.56. The highest BCUT2D eigenvalue weighted by molar-refractivity contribution is 6.03. The average Bonchev–Trinajstić information content (AvgIpc) is 1.68. The van der Waals surface area contributed by atoms with Gasteiger partial charge in [0, 0.05) is 6.20 Å². The third-order valence-electron chi connectivity index (χ3n) is 0.498. The van der Waals surface area contributed by atoms with Crippen molar-refractivity contribution in [2.24, 2.45) is 5.73 Å². The van der Waals surface area contributed by atoms with Crippen LogP contribution in [0.1, 0.15) is 6.92 Å². The molecule has 0 spiro atoms. The molecule has 4 heteroatoms. The molecule has 0 radical (unpaired) electrons. The van der Waals surface area contributed by atoms with Gasteiger partial charge in [-0.2, -0.15) is 0 Å². The van der Waals surface area contributed by atoms with E-state index in [0.29, 0.717) is 5.76 Å². The largest absolute Gasteiger partial charge is 0.424 e. The van der Waals surface area contributed by atoms with Crippen LogP contribution in [-0.2, 0) is 4.84 Å². The summed E-state index contributed by atoms with van der Waals surface area (Å²) in [5.74, 6) is 0.669. The van der Waals surface area contributed by atoms with E-state index < -0.39 is 0 Å². The Hall–Kier alpha value is -0.635. The van der Waals surface area contributed by atoms with Crippen LogP contribution < -0.4 is 11.1 Å². The minimum absolute atomic E-state index is 0.669. The molecule has 3 N–H and O–H groups in total. The summed E-state index contributed by atoms with van der Waals surface area (Å²) in [7, 11) is 1.67. The summed E-state index contributed by atoms with van der Waals surface area (Å²) in [6.07, 6.45) is 1.39. The van der Waals surface area contributed by atoms with Crippen molar-refractivity contribution in [3.63, 3.8) is 0 Å². The molecule has 0 aliphatic heterocycles. The fourth-order valence-corrected chi connectivity index (χ4v) is 0.195. The molecular formula is C3H9BN2O. The molecule has 0 unspecified atom stereocenters. The molecule has 0 aromatic rings. The fourth-order valence-electron chi connectivity index (χ4n) is 0.195. The lowest BCUT2D eigenvalue weighted by Crippen LogP contribution is -2.07. The molecule has 0 aromatic carbocycles. The number of hydrogen-bond acceptors (Lipinski definition) is 3. The van der Waals surface area contributed by atoms with E-state index in [1.165, 1.54) is 6.20 Å². The molecule has 0 saturated carbocycles. The van der Waals surface area contributed by atoms with Gasteiger partial charge in [-0.1, -0.05) is 0 Å². The SMILES string of the molecule is BNO/C(C)=C\N. The van der Waals surface area contributed by atoms with Gasteiger partial charge in [0.1, 0.15) is 5.76 Å². The lowest BCUT2D eigenvalue weighted by atomic mass is 10.5. The van der Waals surface area contributed by atoms with Gasteiger partial charge in [-0.25, -0.2) is 5.39 Å². The van der Waals surface area contributed by atoms with Gasteiger partial charge in [-0.05, 0) is 6.92 Å². The first-order valence-electron chi connectivity index (χ1n) is 2.03. The van der Waals surface area contributed by atoms with Crippen molar-refractivity contribution in [2.75, 3.05) is 0 Å². The Balaban J connectivity index is 3.17. The van der Waals surface area contributed by atoms with E-state index in [-0.39, 0.29) is 0 Å².